The number of nitrogens with zero attached hydrogens (tertiary/aromatic N) is 1. The van der Waals surface area contributed by atoms with Gasteiger partial charge in [0.2, 0.25) is 17.7 Å². The summed E-state index contributed by atoms with van der Waals surface area (Å²) in [6.07, 6.45) is -8.98. The van der Waals surface area contributed by atoms with Crippen LogP contribution in [0, 0.1) is 5.89 Å². The normalized spacial score (nSPS) is 44.9. The molecule has 0 bridgehead atoms. The van der Waals surface area contributed by atoms with Crippen LogP contribution in [0.3, 0.4) is 0 Å². The van der Waals surface area contributed by atoms with Crippen molar-refractivity contribution in [2.75, 3.05) is 13.5 Å². The first-order chi connectivity index (χ1) is 22.1. The molecule has 3 N–H and O–H groups in total. The lowest BCUT2D eigenvalue weighted by Crippen LogP contribution is -2.51. The fourth-order valence-electron chi connectivity index (χ4n) is 1.58. The fraction of sp³-hybridized carbons (Fsp3) is 0.526. The quantitative estimate of drug-likeness (QED) is 0.681. The molecular weight excluding hydrogens is 334 g/mol. The average Bonchev–Trinajstić information content (AvgIpc) is 2.95. The molecule has 3 atom stereocenters. The van der Waals surface area contributed by atoms with Crippen molar-refractivity contribution in [2.45, 2.75) is 45.0 Å². The van der Waals surface area contributed by atoms with Gasteiger partial charge in [0, 0.05) is 36.8 Å². The van der Waals surface area contributed by atoms with Gasteiger partial charge in [-0.3, -0.25) is 14.4 Å². The van der Waals surface area contributed by atoms with E-state index >= 15 is 0 Å². The van der Waals surface area contributed by atoms with Crippen LogP contribution in [0.1, 0.15) is 70.6 Å². The number of rotatable bonds is 5. The van der Waals surface area contributed by atoms with E-state index in [1.165, 1.54) is 0 Å². The van der Waals surface area contributed by atoms with Crippen LogP contribution in [0.4, 0.5) is 0 Å². The Morgan fingerprint density at radius 2 is 2.23 bits per heavy atom. The van der Waals surface area contributed by atoms with Crippen molar-refractivity contribution >= 4 is 17.7 Å². The summed E-state index contributed by atoms with van der Waals surface area (Å²) in [6.45, 7) is -21.5. The first-order valence-electron chi connectivity index (χ1n) is 18.9. The van der Waals surface area contributed by atoms with E-state index in [1.54, 1.807) is 0 Å². The molecule has 0 aliphatic carbocycles. The predicted octanol–water partition coefficient (Wildman–Crippen LogP) is 0.380. The molecule has 0 spiro atoms. The van der Waals surface area contributed by atoms with Crippen LogP contribution in [-0.2, 0) is 20.8 Å². The topological polar surface area (TPSA) is 98.7 Å². The Morgan fingerprint density at radius 1 is 1.46 bits per heavy atom. The highest BCUT2D eigenvalue weighted by atomic mass is 16.3. The van der Waals surface area contributed by atoms with E-state index in [-0.39, 0.29) is 0 Å². The first kappa shape index (κ1) is 4.90. The summed E-state index contributed by atoms with van der Waals surface area (Å²) in [6, 6.07) is -15.0. The lowest BCUT2D eigenvalue weighted by Gasteiger charge is -2.24. The lowest BCUT2D eigenvalue weighted by atomic mass is 9.99. The van der Waals surface area contributed by atoms with Crippen molar-refractivity contribution in [3.8, 4) is 0 Å². The molecule has 1 aromatic carbocycles. The molecule has 3 amide bonds. The summed E-state index contributed by atoms with van der Waals surface area (Å²) < 4.78 is 198. The van der Waals surface area contributed by atoms with Gasteiger partial charge in [-0.05, 0) is 30.2 Å². The minimum absolute atomic E-state index is 0.979. The molecule has 1 aromatic rings. The summed E-state index contributed by atoms with van der Waals surface area (Å²) in [5, 5.41) is 10.2. The van der Waals surface area contributed by atoms with Crippen molar-refractivity contribution in [1.29, 1.82) is 0 Å². The molecule has 0 unspecified atom stereocenters. The molecule has 7 nitrogen and oxygen atoms in total. The maximum absolute atomic E-state index is 13.9. The van der Waals surface area contributed by atoms with E-state index in [2.05, 4.69) is 0 Å². The molecule has 0 fully saturated rings. The van der Waals surface area contributed by atoms with Gasteiger partial charge in [-0.15, -0.1) is 0 Å². The smallest absolute Gasteiger partial charge is 0.249 e. The predicted molar refractivity (Wildman–Crippen MR) is 97.1 cm³/mol. The number of aliphatic hydroxyl groups is 1. The van der Waals surface area contributed by atoms with Gasteiger partial charge in [0.15, 0.2) is 1.41 Å². The zero-order chi connectivity index (χ0) is 41.1. The minimum atomic E-state index is -4.95. The van der Waals surface area contributed by atoms with E-state index in [4.69, 9.17) is 34.3 Å². The standard InChI is InChI=1S/C19H27N3O4/c1-11(2)16(23)18(25)20-12(3)17(24)21-15-14-8-6-5-7-13(14)9-10-22(4)19(15)26/h5-8,11-12,15-16,23H,9-10H2,1-4H3,(H,20,25)(H,21,24)/t12-,15-,16-/m0/s1/i1D3,2D3,3D3,4D3,5D,6D,7D,8D,9D2,10D2,11D,12D,15D,16D/hD. The summed E-state index contributed by atoms with van der Waals surface area (Å²) in [5.41, 5.74) is -3.43. The lowest BCUT2D eigenvalue weighted by molar-refractivity contribution is -0.137. The maximum Gasteiger partial charge on any atom is 0.249 e. The summed E-state index contributed by atoms with van der Waals surface area (Å²) >= 11 is 0. The highest BCUT2D eigenvalue weighted by Crippen LogP contribution is 2.24. The molecule has 2 rings (SSSR count). The Hall–Kier alpha value is -2.41. The third kappa shape index (κ3) is 4.40. The van der Waals surface area contributed by atoms with Gasteiger partial charge in [-0.1, -0.05) is 37.9 Å². The molecule has 0 saturated carbocycles. The van der Waals surface area contributed by atoms with Gasteiger partial charge in [-0.2, -0.15) is 0 Å². The number of benzene rings is 1. The second kappa shape index (κ2) is 8.31. The Bertz CT molecular complexity index is 1620. The summed E-state index contributed by atoms with van der Waals surface area (Å²) in [5.74, 6) is -13.1. The minimum Gasteiger partial charge on any atom is -0.383 e. The van der Waals surface area contributed by atoms with Crippen molar-refractivity contribution in [3.63, 3.8) is 0 Å². The molecule has 26 heavy (non-hydrogen) atoms. The summed E-state index contributed by atoms with van der Waals surface area (Å²) in [4.78, 5) is 40.0. The Balaban J connectivity index is 3.10. The number of carbonyl (C=O) groups excluding carboxylic acids is 3. The number of amides is 3. The van der Waals surface area contributed by atoms with Gasteiger partial charge in [-0.25, -0.2) is 0 Å². The molecule has 1 heterocycles. The zero-order valence-electron chi connectivity index (χ0n) is 37.6. The van der Waals surface area contributed by atoms with Crippen LogP contribution >= 0.6 is 0 Å². The second-order valence-corrected chi connectivity index (χ2v) is 4.45. The summed E-state index contributed by atoms with van der Waals surface area (Å²) in [7, 11) is 0. The van der Waals surface area contributed by atoms with Crippen molar-refractivity contribution in [1.82, 2.24) is 15.5 Å². The molecular formula is C19H27N3O4. The SMILES string of the molecule is [2H]c1c([2H])c([2H])c2c(c1[2H])C([2H])([2H])C([2H])([2H])N(C([2H])([2H])[2H])C(=O)[C@@]2([2H])NC(=O)[C@@]([2H])(N([2H])C(=O)[C@@]([2H])(O)C([2H])(C([2H])([2H])[2H])C([2H])([2H])[2H])C([2H])([2H])[2H]. The number of likely N-dealkylation sites (N-methyl/N-ethyl adjacent to an activating group) is 1. The Morgan fingerprint density at radius 3 is 2.92 bits per heavy atom. The molecule has 0 radical (unpaired) electrons. The van der Waals surface area contributed by atoms with Gasteiger partial charge < -0.3 is 20.6 Å². The highest BCUT2D eigenvalue weighted by molar-refractivity contribution is 5.93. The molecule has 1 aliphatic heterocycles. The maximum atomic E-state index is 13.9. The molecule has 7 heteroatoms. The van der Waals surface area contributed by atoms with Crippen LogP contribution in [-0.4, -0.2) is 53.3 Å². The Kier molecular flexibility index (Phi) is 1.57. The number of fused-ring (bicyclic) bond motifs is 1. The second-order valence-electron chi connectivity index (χ2n) is 4.45. The van der Waals surface area contributed by atoms with Crippen LogP contribution in [0.25, 0.3) is 0 Å². The average molecular weight is 387 g/mol. The number of carbonyl (C=O) groups is 3. The number of hydrogen-bond acceptors (Lipinski definition) is 4. The van der Waals surface area contributed by atoms with E-state index in [0.717, 1.165) is 5.32 Å². The first-order valence-corrected chi connectivity index (χ1v) is 6.45. The van der Waals surface area contributed by atoms with Crippen molar-refractivity contribution in [3.05, 3.63) is 35.3 Å². The third-order valence-electron chi connectivity index (χ3n) is 2.75. The number of hydrogen-bond donors (Lipinski definition) is 3. The highest BCUT2D eigenvalue weighted by Gasteiger charge is 2.32. The van der Waals surface area contributed by atoms with Gasteiger partial charge in [0.25, 0.3) is 0 Å². The van der Waals surface area contributed by atoms with Crippen LogP contribution < -0.4 is 10.6 Å². The van der Waals surface area contributed by atoms with Crippen molar-refractivity contribution in [2.24, 2.45) is 5.89 Å². The van der Waals surface area contributed by atoms with Crippen LogP contribution in [0.15, 0.2) is 24.2 Å². The third-order valence-corrected chi connectivity index (χ3v) is 2.75. The van der Waals surface area contributed by atoms with E-state index < -0.39 is 128 Å². The van der Waals surface area contributed by atoms with Gasteiger partial charge >= 0.3 is 0 Å². The fourth-order valence-corrected chi connectivity index (χ4v) is 1.58. The van der Waals surface area contributed by atoms with Crippen molar-refractivity contribution < 1.29 is 53.8 Å². The zero-order valence-corrected chi connectivity index (χ0v) is 12.6. The van der Waals surface area contributed by atoms with E-state index in [0.29, 0.717) is 0 Å². The molecule has 142 valence electrons. The van der Waals surface area contributed by atoms with Crippen LogP contribution in [0.2, 0.25) is 1.41 Å². The largest absolute Gasteiger partial charge is 0.383 e. The van der Waals surface area contributed by atoms with E-state index in [9.17, 15) is 19.5 Å². The van der Waals surface area contributed by atoms with Gasteiger partial charge in [0.05, 0.1) is 9.60 Å². The number of nitrogens with one attached hydrogen (secondary N) is 2. The molecule has 0 aromatic heterocycles. The monoisotopic (exact) mass is 386 g/mol. The van der Waals surface area contributed by atoms with E-state index in [1.807, 2.05) is 0 Å². The molecule has 0 saturated heterocycles. The Labute approximate surface area is 188 Å². The molecule has 1 aliphatic rings. The van der Waals surface area contributed by atoms with Gasteiger partial charge in [0.1, 0.15) is 18.1 Å². The van der Waals surface area contributed by atoms with Crippen LogP contribution in [0.5, 0.6) is 0 Å².